The number of aryl methyl sites for hydroxylation is 2. The molecule has 3 aromatic rings. The summed E-state index contributed by atoms with van der Waals surface area (Å²) in [6, 6.07) is 14.8. The van der Waals surface area contributed by atoms with Crippen molar-refractivity contribution >= 4 is 5.97 Å². The average Bonchev–Trinajstić information content (AvgIpc) is 3.48. The van der Waals surface area contributed by atoms with Gasteiger partial charge in [0.25, 0.3) is 0 Å². The van der Waals surface area contributed by atoms with E-state index in [1.807, 2.05) is 19.9 Å². The highest BCUT2D eigenvalue weighted by Gasteiger charge is 2.37. The van der Waals surface area contributed by atoms with Crippen molar-refractivity contribution in [1.29, 1.82) is 0 Å². The number of halogens is 1. The van der Waals surface area contributed by atoms with Gasteiger partial charge in [0.15, 0.2) is 0 Å². The third kappa shape index (κ3) is 5.76. The number of rotatable bonds is 8. The van der Waals surface area contributed by atoms with Gasteiger partial charge >= 0.3 is 5.97 Å². The largest absolute Gasteiger partial charge is 0.485 e. The summed E-state index contributed by atoms with van der Waals surface area (Å²) < 4.78 is 26.8. The summed E-state index contributed by atoms with van der Waals surface area (Å²) in [6.07, 6.45) is 9.01. The van der Waals surface area contributed by atoms with E-state index < -0.39 is 0 Å². The predicted molar refractivity (Wildman–Crippen MR) is 158 cm³/mol. The molecule has 3 atom stereocenters. The van der Waals surface area contributed by atoms with Gasteiger partial charge < -0.3 is 9.47 Å². The van der Waals surface area contributed by atoms with E-state index in [4.69, 9.17) is 9.47 Å². The SMILES string of the molecule is COC(=O)[C@@H](C)[C@H](c1ccc2c(c1)OC(c1ccc(-c3cc(C)ncc3F)c(CN3CCCC3)c1)CC2)C1CCC1. The Morgan fingerprint density at radius 2 is 1.88 bits per heavy atom. The number of carbonyl (C=O) groups is 1. The molecule has 5 nitrogen and oxygen atoms in total. The lowest BCUT2D eigenvalue weighted by Crippen LogP contribution is -2.30. The van der Waals surface area contributed by atoms with E-state index in [2.05, 4.69) is 46.3 Å². The molecule has 0 N–H and O–H groups in total. The van der Waals surface area contributed by atoms with Crippen LogP contribution < -0.4 is 4.74 Å². The molecular formula is C35H41FN2O3. The van der Waals surface area contributed by atoms with Crippen molar-refractivity contribution in [3.63, 3.8) is 0 Å². The van der Waals surface area contributed by atoms with Gasteiger partial charge in [-0.25, -0.2) is 4.39 Å². The highest BCUT2D eigenvalue weighted by Crippen LogP contribution is 2.46. The molecular weight excluding hydrogens is 515 g/mol. The predicted octanol–water partition coefficient (Wildman–Crippen LogP) is 7.55. The van der Waals surface area contributed by atoms with Gasteiger partial charge in [0.05, 0.1) is 19.2 Å². The van der Waals surface area contributed by atoms with E-state index in [1.165, 1.54) is 43.7 Å². The Morgan fingerprint density at radius 1 is 1.07 bits per heavy atom. The molecule has 6 heteroatoms. The van der Waals surface area contributed by atoms with Crippen molar-refractivity contribution in [2.45, 2.75) is 77.4 Å². The standard InChI is InChI=1S/C35H41FN2O3/c1-22-17-30(31(36)20-37-22)29-13-11-26(18-28(29)21-38-15-4-5-16-38)32-14-12-24-9-10-27(19-33(24)41-32)34(25-7-6-8-25)23(2)35(39)40-3/h9-11,13,17-20,23,25,32,34H,4-8,12,14-16,21H2,1-3H3/t23-,32?,34-/m0/s1. The van der Waals surface area contributed by atoms with Gasteiger partial charge in [-0.15, -0.1) is 0 Å². The maximum Gasteiger partial charge on any atom is 0.309 e. The molecule has 0 radical (unpaired) electrons. The zero-order chi connectivity index (χ0) is 28.5. The molecule has 3 aliphatic rings. The van der Waals surface area contributed by atoms with Crippen LogP contribution in [0.3, 0.4) is 0 Å². The summed E-state index contributed by atoms with van der Waals surface area (Å²) in [5.74, 6) is 0.921. The lowest BCUT2D eigenvalue weighted by Gasteiger charge is -2.37. The monoisotopic (exact) mass is 556 g/mol. The zero-order valence-corrected chi connectivity index (χ0v) is 24.5. The molecule has 2 fully saturated rings. The van der Waals surface area contributed by atoms with Crippen LogP contribution in [-0.4, -0.2) is 36.1 Å². The molecule has 216 valence electrons. The molecule has 3 heterocycles. The Morgan fingerprint density at radius 3 is 2.61 bits per heavy atom. The first-order valence-corrected chi connectivity index (χ1v) is 15.3. The average molecular weight is 557 g/mol. The number of carbonyl (C=O) groups excluding carboxylic acids is 1. The lowest BCUT2D eigenvalue weighted by molar-refractivity contribution is -0.146. The molecule has 1 aliphatic carbocycles. The van der Waals surface area contributed by atoms with Crippen LogP contribution in [0.25, 0.3) is 11.1 Å². The number of fused-ring (bicyclic) bond motifs is 1. The van der Waals surface area contributed by atoms with Gasteiger partial charge in [0, 0.05) is 17.8 Å². The van der Waals surface area contributed by atoms with Crippen molar-refractivity contribution < 1.29 is 18.7 Å². The minimum atomic E-state index is -0.288. The third-order valence-corrected chi connectivity index (χ3v) is 9.57. The van der Waals surface area contributed by atoms with Crippen molar-refractivity contribution in [3.05, 3.63) is 82.4 Å². The van der Waals surface area contributed by atoms with Crippen LogP contribution in [0.15, 0.2) is 48.7 Å². The van der Waals surface area contributed by atoms with E-state index in [-0.39, 0.29) is 29.7 Å². The first kappa shape index (κ1) is 27.9. The van der Waals surface area contributed by atoms with Gasteiger partial charge in [0.1, 0.15) is 17.7 Å². The van der Waals surface area contributed by atoms with Crippen LogP contribution in [0, 0.1) is 24.6 Å². The van der Waals surface area contributed by atoms with Crippen LogP contribution in [0.5, 0.6) is 5.75 Å². The summed E-state index contributed by atoms with van der Waals surface area (Å²) in [5.41, 5.74) is 6.99. The van der Waals surface area contributed by atoms with Crippen molar-refractivity contribution in [2.24, 2.45) is 11.8 Å². The number of esters is 1. The van der Waals surface area contributed by atoms with Crippen LogP contribution >= 0.6 is 0 Å². The van der Waals surface area contributed by atoms with Gasteiger partial charge in [-0.05, 0) is 110 Å². The van der Waals surface area contributed by atoms with Crippen LogP contribution in [0.1, 0.15) is 85.4 Å². The highest BCUT2D eigenvalue weighted by molar-refractivity contribution is 5.73. The number of benzene rings is 2. The fraction of sp³-hybridized carbons (Fsp3) is 0.486. The molecule has 6 rings (SSSR count). The van der Waals surface area contributed by atoms with E-state index in [9.17, 15) is 9.18 Å². The number of methoxy groups -OCH3 is 1. The molecule has 1 saturated carbocycles. The Balaban J connectivity index is 1.30. The normalized spacial score (nSPS) is 20.5. The summed E-state index contributed by atoms with van der Waals surface area (Å²) in [7, 11) is 1.48. The Labute approximate surface area is 243 Å². The molecule has 0 amide bonds. The minimum absolute atomic E-state index is 0.0756. The first-order chi connectivity index (χ1) is 19.9. The van der Waals surface area contributed by atoms with Crippen LogP contribution in [0.2, 0.25) is 0 Å². The molecule has 2 aliphatic heterocycles. The smallest absolute Gasteiger partial charge is 0.309 e. The second-order valence-electron chi connectivity index (χ2n) is 12.2. The van der Waals surface area contributed by atoms with Crippen LogP contribution in [0.4, 0.5) is 4.39 Å². The number of nitrogens with zero attached hydrogens (tertiary/aromatic N) is 2. The Kier molecular flexibility index (Phi) is 8.12. The van der Waals surface area contributed by atoms with Crippen molar-refractivity contribution in [3.8, 4) is 16.9 Å². The quantitative estimate of drug-likeness (QED) is 0.268. The Bertz CT molecular complexity index is 1410. The van der Waals surface area contributed by atoms with Crippen molar-refractivity contribution in [2.75, 3.05) is 20.2 Å². The second-order valence-corrected chi connectivity index (χ2v) is 12.2. The molecule has 1 aromatic heterocycles. The van der Waals surface area contributed by atoms with E-state index in [0.29, 0.717) is 11.5 Å². The Hall–Kier alpha value is -3.25. The number of hydrogen-bond acceptors (Lipinski definition) is 5. The topological polar surface area (TPSA) is 51.7 Å². The maximum absolute atomic E-state index is 15.0. The van der Waals surface area contributed by atoms with E-state index >= 15 is 0 Å². The third-order valence-electron chi connectivity index (χ3n) is 9.57. The van der Waals surface area contributed by atoms with Crippen molar-refractivity contribution in [1.82, 2.24) is 9.88 Å². The van der Waals surface area contributed by atoms with Gasteiger partial charge in [0.2, 0.25) is 0 Å². The van der Waals surface area contributed by atoms with E-state index in [0.717, 1.165) is 73.5 Å². The lowest BCUT2D eigenvalue weighted by atomic mass is 9.68. The fourth-order valence-electron chi connectivity index (χ4n) is 7.07. The van der Waals surface area contributed by atoms with E-state index in [1.54, 1.807) is 0 Å². The summed E-state index contributed by atoms with van der Waals surface area (Å²) in [4.78, 5) is 19.1. The van der Waals surface area contributed by atoms with Gasteiger partial charge in [-0.1, -0.05) is 43.7 Å². The second kappa shape index (κ2) is 11.9. The molecule has 2 aromatic carbocycles. The number of likely N-dealkylation sites (tertiary alicyclic amines) is 1. The minimum Gasteiger partial charge on any atom is -0.485 e. The molecule has 1 unspecified atom stereocenters. The number of aromatic nitrogens is 1. The zero-order valence-electron chi connectivity index (χ0n) is 24.5. The summed E-state index contributed by atoms with van der Waals surface area (Å²) in [5, 5.41) is 0. The number of hydrogen-bond donors (Lipinski definition) is 0. The summed E-state index contributed by atoms with van der Waals surface area (Å²) in [6.45, 7) is 6.84. The molecule has 0 bridgehead atoms. The number of ether oxygens (including phenoxy) is 2. The highest BCUT2D eigenvalue weighted by atomic mass is 19.1. The first-order valence-electron chi connectivity index (χ1n) is 15.3. The van der Waals surface area contributed by atoms with Gasteiger partial charge in [-0.3, -0.25) is 14.7 Å². The molecule has 1 saturated heterocycles. The molecule has 41 heavy (non-hydrogen) atoms. The fourth-order valence-corrected chi connectivity index (χ4v) is 7.07. The maximum atomic E-state index is 15.0. The van der Waals surface area contributed by atoms with Gasteiger partial charge in [-0.2, -0.15) is 0 Å². The summed E-state index contributed by atoms with van der Waals surface area (Å²) >= 11 is 0. The number of pyridine rings is 1. The van der Waals surface area contributed by atoms with Crippen LogP contribution in [-0.2, 0) is 22.5 Å². The molecule has 0 spiro atoms.